The first-order chi connectivity index (χ1) is 14.2. The Balaban J connectivity index is 1.60. The average molecular weight is 378 g/mol. The quantitative estimate of drug-likeness (QED) is 0.433. The predicted molar refractivity (Wildman–Crippen MR) is 114 cm³/mol. The number of nitrogens with one attached hydrogen (secondary N) is 1. The van der Waals surface area contributed by atoms with Crippen molar-refractivity contribution in [2.45, 2.75) is 6.92 Å². The number of aromatic amines is 1. The van der Waals surface area contributed by atoms with Crippen molar-refractivity contribution in [2.24, 2.45) is 0 Å². The Morgan fingerprint density at radius 1 is 0.931 bits per heavy atom. The minimum absolute atomic E-state index is 0.0602. The summed E-state index contributed by atoms with van der Waals surface area (Å²) >= 11 is 0. The van der Waals surface area contributed by atoms with Crippen LogP contribution in [0.2, 0.25) is 0 Å². The van der Waals surface area contributed by atoms with Crippen LogP contribution in [-0.4, -0.2) is 25.5 Å². The van der Waals surface area contributed by atoms with Crippen molar-refractivity contribution in [3.63, 3.8) is 0 Å². The summed E-state index contributed by atoms with van der Waals surface area (Å²) in [6.07, 6.45) is 3.64. The van der Waals surface area contributed by atoms with Gasteiger partial charge >= 0.3 is 0 Å². The number of rotatable bonds is 4. The van der Waals surface area contributed by atoms with Crippen LogP contribution in [0.3, 0.4) is 0 Å². The van der Waals surface area contributed by atoms with Gasteiger partial charge in [0.1, 0.15) is 6.33 Å². The second-order valence-corrected chi connectivity index (χ2v) is 6.93. The summed E-state index contributed by atoms with van der Waals surface area (Å²) in [7, 11) is 0. The third kappa shape index (κ3) is 3.02. The van der Waals surface area contributed by atoms with Crippen LogP contribution >= 0.6 is 0 Å². The van der Waals surface area contributed by atoms with Crippen molar-refractivity contribution in [3.05, 3.63) is 90.9 Å². The maximum absolute atomic E-state index is 12.0. The summed E-state index contributed by atoms with van der Waals surface area (Å²) in [6.45, 7) is 1.60. The van der Waals surface area contributed by atoms with Gasteiger partial charge in [0.15, 0.2) is 5.78 Å². The Kier molecular flexibility index (Phi) is 4.06. The van der Waals surface area contributed by atoms with E-state index in [1.54, 1.807) is 6.92 Å². The molecule has 0 amide bonds. The van der Waals surface area contributed by atoms with E-state index in [9.17, 15) is 4.79 Å². The summed E-state index contributed by atoms with van der Waals surface area (Å²) in [5.41, 5.74) is 7.49. The van der Waals surface area contributed by atoms with E-state index in [0.717, 1.165) is 44.7 Å². The molecular formula is C24H18N4O. The lowest BCUT2D eigenvalue weighted by Gasteiger charge is -2.10. The fraction of sp³-hybridized carbons (Fsp3) is 0.0417. The molecule has 0 atom stereocenters. The number of hydrogen-bond donors (Lipinski definition) is 1. The van der Waals surface area contributed by atoms with Crippen LogP contribution in [0, 0.1) is 0 Å². The van der Waals surface area contributed by atoms with Crippen molar-refractivity contribution in [2.75, 3.05) is 0 Å². The molecule has 5 aromatic rings. The third-order valence-electron chi connectivity index (χ3n) is 5.09. The number of ketones is 1. The average Bonchev–Trinajstić information content (AvgIpc) is 3.43. The molecule has 140 valence electrons. The third-order valence-corrected chi connectivity index (χ3v) is 5.09. The second kappa shape index (κ2) is 6.87. The fourth-order valence-corrected chi connectivity index (χ4v) is 3.66. The maximum Gasteiger partial charge on any atom is 0.160 e. The monoisotopic (exact) mass is 378 g/mol. The van der Waals surface area contributed by atoms with Gasteiger partial charge in [0.2, 0.25) is 0 Å². The Morgan fingerprint density at radius 2 is 1.83 bits per heavy atom. The van der Waals surface area contributed by atoms with Crippen LogP contribution in [0.1, 0.15) is 17.3 Å². The predicted octanol–water partition coefficient (Wildman–Crippen LogP) is 5.29. The molecule has 5 heteroatoms. The number of hydrogen-bond acceptors (Lipinski definition) is 3. The molecule has 0 saturated heterocycles. The lowest BCUT2D eigenvalue weighted by atomic mass is 9.97. The SMILES string of the molecule is CC(=O)c1ccccc1-c1cccc(-n2cnc3cc(-c4cc[nH]n4)ccc32)c1. The van der Waals surface area contributed by atoms with Crippen LogP contribution in [0.5, 0.6) is 0 Å². The molecule has 0 fully saturated rings. The number of imidazole rings is 1. The van der Waals surface area contributed by atoms with Gasteiger partial charge in [-0.2, -0.15) is 5.10 Å². The molecule has 0 radical (unpaired) electrons. The van der Waals surface area contributed by atoms with Gasteiger partial charge in [-0.05, 0) is 48.4 Å². The zero-order chi connectivity index (χ0) is 19.8. The highest BCUT2D eigenvalue weighted by Crippen LogP contribution is 2.28. The van der Waals surface area contributed by atoms with E-state index in [4.69, 9.17) is 0 Å². The smallest absolute Gasteiger partial charge is 0.160 e. The van der Waals surface area contributed by atoms with Crippen molar-refractivity contribution in [1.82, 2.24) is 19.7 Å². The van der Waals surface area contributed by atoms with Crippen molar-refractivity contribution in [3.8, 4) is 28.1 Å². The van der Waals surface area contributed by atoms with Gasteiger partial charge in [-0.15, -0.1) is 0 Å². The number of carbonyl (C=O) groups is 1. The number of H-pyrrole nitrogens is 1. The Hall–Kier alpha value is -3.99. The summed E-state index contributed by atoms with van der Waals surface area (Å²) in [5.74, 6) is 0.0602. The molecule has 29 heavy (non-hydrogen) atoms. The number of benzene rings is 3. The molecule has 0 spiro atoms. The van der Waals surface area contributed by atoms with Gasteiger partial charge in [-0.3, -0.25) is 14.5 Å². The minimum Gasteiger partial charge on any atom is -0.299 e. The normalized spacial score (nSPS) is 11.1. The summed E-state index contributed by atoms with van der Waals surface area (Å²) < 4.78 is 2.06. The highest BCUT2D eigenvalue weighted by Gasteiger charge is 2.11. The Morgan fingerprint density at radius 3 is 2.66 bits per heavy atom. The minimum atomic E-state index is 0.0602. The highest BCUT2D eigenvalue weighted by atomic mass is 16.1. The lowest BCUT2D eigenvalue weighted by Crippen LogP contribution is -1.97. The molecule has 5 rings (SSSR count). The van der Waals surface area contributed by atoms with Crippen molar-refractivity contribution >= 4 is 16.8 Å². The summed E-state index contributed by atoms with van der Waals surface area (Å²) in [6, 6.07) is 23.9. The zero-order valence-corrected chi connectivity index (χ0v) is 15.8. The lowest BCUT2D eigenvalue weighted by molar-refractivity contribution is 0.101. The molecule has 0 unspecified atom stereocenters. The molecule has 5 nitrogen and oxygen atoms in total. The van der Waals surface area contributed by atoms with Crippen LogP contribution in [-0.2, 0) is 0 Å². The van der Waals surface area contributed by atoms with Crippen LogP contribution in [0.4, 0.5) is 0 Å². The standard InChI is InChI=1S/C24H18N4O/c1-16(29)20-7-2-3-8-21(20)17-5-4-6-19(13-17)28-15-25-23-14-18(9-10-24(23)28)22-11-12-26-27-22/h2-15H,1H3,(H,26,27). The molecule has 3 aromatic carbocycles. The molecule has 0 bridgehead atoms. The van der Waals surface area contributed by atoms with Crippen LogP contribution < -0.4 is 0 Å². The molecule has 0 saturated carbocycles. The molecule has 2 aromatic heterocycles. The summed E-state index contributed by atoms with van der Waals surface area (Å²) in [4.78, 5) is 16.6. The van der Waals surface area contributed by atoms with Gasteiger partial charge in [0.25, 0.3) is 0 Å². The number of aromatic nitrogens is 4. The first-order valence-electron chi connectivity index (χ1n) is 9.39. The van der Waals surface area contributed by atoms with Crippen molar-refractivity contribution < 1.29 is 4.79 Å². The topological polar surface area (TPSA) is 63.6 Å². The number of Topliss-reactive ketones (excluding diaryl/α,β-unsaturated/α-hetero) is 1. The van der Waals surface area contributed by atoms with Gasteiger partial charge in [0, 0.05) is 23.0 Å². The number of carbonyl (C=O) groups excluding carboxylic acids is 1. The van der Waals surface area contributed by atoms with Gasteiger partial charge in [-0.1, -0.05) is 42.5 Å². The van der Waals surface area contributed by atoms with E-state index in [-0.39, 0.29) is 5.78 Å². The van der Waals surface area contributed by atoms with E-state index in [1.807, 2.05) is 73.2 Å². The molecule has 0 aliphatic carbocycles. The largest absolute Gasteiger partial charge is 0.299 e. The first kappa shape index (κ1) is 17.1. The Labute approximate surface area is 167 Å². The van der Waals surface area contributed by atoms with Crippen LogP contribution in [0.15, 0.2) is 85.3 Å². The number of fused-ring (bicyclic) bond motifs is 1. The van der Waals surface area contributed by atoms with E-state index >= 15 is 0 Å². The maximum atomic E-state index is 12.0. The molecule has 2 heterocycles. The molecule has 0 aliphatic rings. The Bertz CT molecular complexity index is 1330. The summed E-state index contributed by atoms with van der Waals surface area (Å²) in [5, 5.41) is 7.08. The van der Waals surface area contributed by atoms with E-state index in [0.29, 0.717) is 0 Å². The van der Waals surface area contributed by atoms with E-state index in [1.165, 1.54) is 0 Å². The second-order valence-electron chi connectivity index (χ2n) is 6.93. The van der Waals surface area contributed by atoms with Gasteiger partial charge in [-0.25, -0.2) is 4.98 Å². The zero-order valence-electron chi connectivity index (χ0n) is 15.8. The van der Waals surface area contributed by atoms with Gasteiger partial charge in [0.05, 0.1) is 16.7 Å². The highest BCUT2D eigenvalue weighted by molar-refractivity contribution is 6.01. The fourth-order valence-electron chi connectivity index (χ4n) is 3.66. The van der Waals surface area contributed by atoms with E-state index < -0.39 is 0 Å². The van der Waals surface area contributed by atoms with Gasteiger partial charge < -0.3 is 0 Å². The number of nitrogens with zero attached hydrogens (tertiary/aromatic N) is 3. The molecule has 0 aliphatic heterocycles. The molecule has 1 N–H and O–H groups in total. The first-order valence-corrected chi connectivity index (χ1v) is 9.39. The van der Waals surface area contributed by atoms with E-state index in [2.05, 4.69) is 31.9 Å². The molecular weight excluding hydrogens is 360 g/mol. The van der Waals surface area contributed by atoms with Crippen molar-refractivity contribution in [1.29, 1.82) is 0 Å². The van der Waals surface area contributed by atoms with Crippen LogP contribution in [0.25, 0.3) is 39.1 Å².